The zero-order valence-corrected chi connectivity index (χ0v) is 16.7. The van der Waals surface area contributed by atoms with Crippen molar-refractivity contribution in [2.75, 3.05) is 11.4 Å². The fourth-order valence-electron chi connectivity index (χ4n) is 3.07. The van der Waals surface area contributed by atoms with E-state index in [1.807, 2.05) is 0 Å². The Hall–Kier alpha value is -3.41. The molecule has 12 heteroatoms. The average Bonchev–Trinajstić information content (AvgIpc) is 2.84. The van der Waals surface area contributed by atoms with Crippen molar-refractivity contribution in [3.05, 3.63) is 75.5 Å². The molecule has 0 bridgehead atoms. The van der Waals surface area contributed by atoms with E-state index in [0.29, 0.717) is 11.3 Å². The lowest BCUT2D eigenvalue weighted by Gasteiger charge is -2.23. The van der Waals surface area contributed by atoms with Crippen molar-refractivity contribution in [1.82, 2.24) is 0 Å². The monoisotopic (exact) mass is 456 g/mol. The van der Waals surface area contributed by atoms with Gasteiger partial charge in [0.15, 0.2) is 0 Å². The van der Waals surface area contributed by atoms with Crippen LogP contribution < -0.4 is 4.90 Å². The van der Waals surface area contributed by atoms with Gasteiger partial charge in [-0.3, -0.25) is 14.9 Å². The van der Waals surface area contributed by atoms with Crippen molar-refractivity contribution < 1.29 is 35.5 Å². The molecule has 0 saturated carbocycles. The number of halogens is 3. The molecular weight excluding hydrogens is 441 g/mol. The molecule has 0 atom stereocenters. The summed E-state index contributed by atoms with van der Waals surface area (Å²) in [5.74, 6) is -0.987. The van der Waals surface area contributed by atoms with Crippen LogP contribution in [0.3, 0.4) is 0 Å². The quantitative estimate of drug-likeness (QED) is 0.295. The minimum atomic E-state index is -5.88. The van der Waals surface area contributed by atoms with Gasteiger partial charge in [0.1, 0.15) is 5.76 Å². The third-order valence-electron chi connectivity index (χ3n) is 4.64. The van der Waals surface area contributed by atoms with Gasteiger partial charge < -0.3 is 9.08 Å². The van der Waals surface area contributed by atoms with E-state index in [1.165, 1.54) is 30.0 Å². The summed E-state index contributed by atoms with van der Waals surface area (Å²) >= 11 is 0. The SMILES string of the molecule is CC1=C(OS(=O)(=O)C(F)(F)F)CCN(C(=O)c2ccc([N+](=O)[O-])cc2)c2ccccc21. The van der Waals surface area contributed by atoms with Crippen molar-refractivity contribution >= 4 is 33.0 Å². The van der Waals surface area contributed by atoms with Gasteiger partial charge in [0, 0.05) is 36.2 Å². The maximum atomic E-state index is 13.1. The second-order valence-corrected chi connectivity index (χ2v) is 8.10. The van der Waals surface area contributed by atoms with Crippen LogP contribution in [-0.4, -0.2) is 31.3 Å². The predicted octanol–water partition coefficient (Wildman–Crippen LogP) is 4.24. The molecule has 2 aromatic carbocycles. The molecule has 0 spiro atoms. The Labute approximate surface area is 174 Å². The largest absolute Gasteiger partial charge is 0.534 e. The summed E-state index contributed by atoms with van der Waals surface area (Å²) in [6.07, 6.45) is -0.297. The number of hydrogen-bond acceptors (Lipinski definition) is 6. The summed E-state index contributed by atoms with van der Waals surface area (Å²) in [5, 5.41) is 10.8. The van der Waals surface area contributed by atoms with Gasteiger partial charge in [-0.25, -0.2) is 0 Å². The normalized spacial score (nSPS) is 14.6. The van der Waals surface area contributed by atoms with Crippen LogP contribution in [0.4, 0.5) is 24.5 Å². The lowest BCUT2D eigenvalue weighted by Crippen LogP contribution is -2.32. The van der Waals surface area contributed by atoms with Gasteiger partial charge in [0.25, 0.3) is 11.6 Å². The molecule has 1 aliphatic rings. The number of nitrogens with zero attached hydrogens (tertiary/aromatic N) is 2. The van der Waals surface area contributed by atoms with Crippen LogP contribution in [-0.2, 0) is 14.3 Å². The average molecular weight is 456 g/mol. The van der Waals surface area contributed by atoms with Gasteiger partial charge in [-0.15, -0.1) is 0 Å². The highest BCUT2D eigenvalue weighted by Crippen LogP contribution is 2.37. The van der Waals surface area contributed by atoms with Crippen LogP contribution in [0.2, 0.25) is 0 Å². The van der Waals surface area contributed by atoms with Crippen LogP contribution in [0, 0.1) is 10.1 Å². The molecule has 0 fully saturated rings. The molecule has 0 radical (unpaired) electrons. The Balaban J connectivity index is 1.99. The first-order chi connectivity index (χ1) is 14.4. The van der Waals surface area contributed by atoms with Crippen LogP contribution in [0.15, 0.2) is 54.3 Å². The van der Waals surface area contributed by atoms with Crippen molar-refractivity contribution in [3.8, 4) is 0 Å². The number of para-hydroxylation sites is 1. The first-order valence-corrected chi connectivity index (χ1v) is 10.2. The number of carbonyl (C=O) groups excluding carboxylic acids is 1. The van der Waals surface area contributed by atoms with Crippen molar-refractivity contribution in [1.29, 1.82) is 0 Å². The van der Waals surface area contributed by atoms with E-state index >= 15 is 0 Å². The number of hydrogen-bond donors (Lipinski definition) is 0. The number of allylic oxidation sites excluding steroid dienone is 1. The predicted molar refractivity (Wildman–Crippen MR) is 104 cm³/mol. The molecule has 1 amide bonds. The number of rotatable bonds is 4. The topological polar surface area (TPSA) is 107 Å². The molecule has 0 aliphatic carbocycles. The van der Waals surface area contributed by atoms with Gasteiger partial charge in [0.2, 0.25) is 0 Å². The van der Waals surface area contributed by atoms with Crippen LogP contribution in [0.25, 0.3) is 5.57 Å². The van der Waals surface area contributed by atoms with E-state index < -0.39 is 32.2 Å². The lowest BCUT2D eigenvalue weighted by atomic mass is 10.0. The Morgan fingerprint density at radius 3 is 2.32 bits per heavy atom. The van der Waals surface area contributed by atoms with Gasteiger partial charge in [0.05, 0.1) is 10.6 Å². The second kappa shape index (κ2) is 8.02. The van der Waals surface area contributed by atoms with E-state index in [4.69, 9.17) is 0 Å². The Kier molecular flexibility index (Phi) is 5.77. The zero-order chi connectivity index (χ0) is 23.0. The molecule has 164 valence electrons. The number of alkyl halides is 3. The molecule has 0 saturated heterocycles. The first kappa shape index (κ1) is 22.3. The van der Waals surface area contributed by atoms with E-state index in [1.54, 1.807) is 18.2 Å². The van der Waals surface area contributed by atoms with E-state index in [-0.39, 0.29) is 29.8 Å². The Morgan fingerprint density at radius 1 is 1.13 bits per heavy atom. The van der Waals surface area contributed by atoms with Crippen molar-refractivity contribution in [2.45, 2.75) is 18.9 Å². The van der Waals surface area contributed by atoms with E-state index in [0.717, 1.165) is 12.1 Å². The minimum absolute atomic E-state index is 0.116. The molecule has 1 heterocycles. The number of amides is 1. The smallest absolute Gasteiger partial charge is 0.380 e. The first-order valence-electron chi connectivity index (χ1n) is 8.78. The summed E-state index contributed by atoms with van der Waals surface area (Å²) in [5.41, 5.74) is -4.89. The molecule has 1 aliphatic heterocycles. The number of nitro benzene ring substituents is 1. The summed E-state index contributed by atoms with van der Waals surface area (Å²) in [6.45, 7) is 1.23. The van der Waals surface area contributed by atoms with Crippen molar-refractivity contribution in [3.63, 3.8) is 0 Å². The molecule has 0 unspecified atom stereocenters. The highest BCUT2D eigenvalue weighted by Gasteiger charge is 2.49. The summed E-state index contributed by atoms with van der Waals surface area (Å²) < 4.78 is 65.7. The fourth-order valence-corrected chi connectivity index (χ4v) is 3.64. The number of anilines is 1. The van der Waals surface area contributed by atoms with Crippen LogP contribution in [0.1, 0.15) is 29.3 Å². The molecule has 3 rings (SSSR count). The molecule has 0 N–H and O–H groups in total. The summed E-state index contributed by atoms with van der Waals surface area (Å²) in [7, 11) is -5.88. The van der Waals surface area contributed by atoms with Gasteiger partial charge >= 0.3 is 15.6 Å². The molecule has 2 aromatic rings. The number of benzene rings is 2. The standard InChI is InChI=1S/C19H15F3N2O6S/c1-12-15-4-2-3-5-16(15)23(11-10-17(12)30-31(28,29)19(20,21)22)18(25)13-6-8-14(9-7-13)24(26)27/h2-9H,10-11H2,1H3. The third-order valence-corrected chi connectivity index (χ3v) is 5.63. The second-order valence-electron chi connectivity index (χ2n) is 6.56. The van der Waals surface area contributed by atoms with Gasteiger partial charge in [-0.2, -0.15) is 21.6 Å². The number of non-ortho nitro benzene ring substituents is 1. The molecular formula is C19H15F3N2O6S. The van der Waals surface area contributed by atoms with Crippen molar-refractivity contribution in [2.24, 2.45) is 0 Å². The summed E-state index contributed by atoms with van der Waals surface area (Å²) in [6, 6.07) is 11.1. The number of nitro groups is 1. The highest BCUT2D eigenvalue weighted by atomic mass is 32.2. The lowest BCUT2D eigenvalue weighted by molar-refractivity contribution is -0.384. The molecule has 31 heavy (non-hydrogen) atoms. The molecule has 8 nitrogen and oxygen atoms in total. The van der Waals surface area contributed by atoms with E-state index in [9.17, 15) is 36.5 Å². The summed E-state index contributed by atoms with van der Waals surface area (Å²) in [4.78, 5) is 24.5. The molecule has 0 aromatic heterocycles. The zero-order valence-electron chi connectivity index (χ0n) is 15.9. The van der Waals surface area contributed by atoms with Crippen LogP contribution in [0.5, 0.6) is 0 Å². The highest BCUT2D eigenvalue weighted by molar-refractivity contribution is 7.87. The number of fused-ring (bicyclic) bond motifs is 1. The van der Waals surface area contributed by atoms with Gasteiger partial charge in [-0.05, 0) is 30.7 Å². The van der Waals surface area contributed by atoms with E-state index in [2.05, 4.69) is 4.18 Å². The van der Waals surface area contributed by atoms with Crippen LogP contribution >= 0.6 is 0 Å². The Bertz CT molecular complexity index is 1170. The minimum Gasteiger partial charge on any atom is -0.380 e. The third kappa shape index (κ3) is 4.38. The fraction of sp³-hybridized carbons (Fsp3) is 0.211. The maximum Gasteiger partial charge on any atom is 0.534 e. The Morgan fingerprint density at radius 2 is 1.74 bits per heavy atom. The maximum absolute atomic E-state index is 13.1. The van der Waals surface area contributed by atoms with Gasteiger partial charge in [-0.1, -0.05) is 18.2 Å². The number of carbonyl (C=O) groups is 1.